The summed E-state index contributed by atoms with van der Waals surface area (Å²) in [7, 11) is -3.07. The maximum atomic E-state index is 11.6. The first-order valence-corrected chi connectivity index (χ1v) is 10.6. The SMILES string of the molecule is CCS(=O)(=O)NC1CCN(CC2CCC3(CCCC3)O2)CC1. The number of likely N-dealkylation sites (tertiary alicyclic amines) is 1. The van der Waals surface area contributed by atoms with E-state index in [9.17, 15) is 8.42 Å². The maximum Gasteiger partial charge on any atom is 0.211 e. The molecule has 3 fully saturated rings. The van der Waals surface area contributed by atoms with Crippen LogP contribution < -0.4 is 4.72 Å². The Hall–Kier alpha value is -0.170. The molecule has 2 saturated heterocycles. The molecule has 0 radical (unpaired) electrons. The van der Waals surface area contributed by atoms with Crippen LogP contribution in [0.15, 0.2) is 0 Å². The van der Waals surface area contributed by atoms with Crippen LogP contribution in [-0.2, 0) is 14.8 Å². The van der Waals surface area contributed by atoms with E-state index in [1.165, 1.54) is 38.5 Å². The Morgan fingerprint density at radius 2 is 1.82 bits per heavy atom. The van der Waals surface area contributed by atoms with Crippen LogP contribution in [0.1, 0.15) is 58.3 Å². The van der Waals surface area contributed by atoms with Crippen molar-refractivity contribution in [3.05, 3.63) is 0 Å². The maximum absolute atomic E-state index is 11.6. The molecule has 128 valence electrons. The van der Waals surface area contributed by atoms with Gasteiger partial charge >= 0.3 is 0 Å². The lowest BCUT2D eigenvalue weighted by Gasteiger charge is -2.34. The molecule has 0 aromatic carbocycles. The Balaban J connectivity index is 1.41. The van der Waals surface area contributed by atoms with E-state index < -0.39 is 10.0 Å². The van der Waals surface area contributed by atoms with E-state index in [0.29, 0.717) is 6.10 Å². The molecule has 1 aliphatic carbocycles. The number of hydrogen-bond donors (Lipinski definition) is 1. The van der Waals surface area contributed by atoms with E-state index in [-0.39, 0.29) is 17.4 Å². The number of ether oxygens (including phenoxy) is 1. The third kappa shape index (κ3) is 4.02. The van der Waals surface area contributed by atoms with Crippen molar-refractivity contribution < 1.29 is 13.2 Å². The van der Waals surface area contributed by atoms with E-state index in [1.807, 2.05) is 0 Å². The van der Waals surface area contributed by atoms with Gasteiger partial charge in [0.1, 0.15) is 0 Å². The summed E-state index contributed by atoms with van der Waals surface area (Å²) in [5.74, 6) is 0.172. The zero-order valence-corrected chi connectivity index (χ0v) is 14.5. The van der Waals surface area contributed by atoms with Crippen LogP contribution in [0.5, 0.6) is 0 Å². The molecule has 3 aliphatic rings. The molecule has 3 rings (SSSR count). The van der Waals surface area contributed by atoms with Crippen molar-refractivity contribution in [2.24, 2.45) is 0 Å². The quantitative estimate of drug-likeness (QED) is 0.836. The summed E-state index contributed by atoms with van der Waals surface area (Å²) in [5, 5.41) is 0. The Morgan fingerprint density at radius 3 is 2.45 bits per heavy atom. The van der Waals surface area contributed by atoms with Gasteiger partial charge in [-0.25, -0.2) is 13.1 Å². The van der Waals surface area contributed by atoms with Crippen molar-refractivity contribution in [1.82, 2.24) is 9.62 Å². The van der Waals surface area contributed by atoms with Crippen LogP contribution in [0.25, 0.3) is 0 Å². The summed E-state index contributed by atoms with van der Waals surface area (Å²) in [5.41, 5.74) is 0.222. The molecule has 2 aliphatic heterocycles. The number of sulfonamides is 1. The lowest BCUT2D eigenvalue weighted by atomic mass is 9.98. The molecule has 1 N–H and O–H groups in total. The third-order valence-electron chi connectivity index (χ3n) is 5.63. The van der Waals surface area contributed by atoms with Crippen LogP contribution >= 0.6 is 0 Å². The smallest absolute Gasteiger partial charge is 0.211 e. The molecule has 1 saturated carbocycles. The summed E-state index contributed by atoms with van der Waals surface area (Å²) in [6, 6.07) is 0.117. The topological polar surface area (TPSA) is 58.6 Å². The van der Waals surface area contributed by atoms with Crippen molar-refractivity contribution in [2.75, 3.05) is 25.4 Å². The summed E-state index contributed by atoms with van der Waals surface area (Å²) in [6.45, 7) is 4.66. The van der Waals surface area contributed by atoms with Gasteiger partial charge in [-0.05, 0) is 58.5 Å². The van der Waals surface area contributed by atoms with E-state index in [0.717, 1.165) is 32.5 Å². The molecule has 22 heavy (non-hydrogen) atoms. The van der Waals surface area contributed by atoms with Gasteiger partial charge in [0, 0.05) is 12.6 Å². The van der Waals surface area contributed by atoms with Crippen LogP contribution in [-0.4, -0.2) is 56.5 Å². The molecular formula is C16H30N2O3S. The van der Waals surface area contributed by atoms with Gasteiger partial charge in [0.05, 0.1) is 17.5 Å². The molecule has 1 spiro atoms. The van der Waals surface area contributed by atoms with E-state index in [1.54, 1.807) is 6.92 Å². The van der Waals surface area contributed by atoms with Gasteiger partial charge in [-0.15, -0.1) is 0 Å². The number of nitrogens with one attached hydrogen (secondary N) is 1. The number of nitrogens with zero attached hydrogens (tertiary/aromatic N) is 1. The molecule has 5 nitrogen and oxygen atoms in total. The first kappa shape index (κ1) is 16.7. The van der Waals surface area contributed by atoms with Gasteiger partial charge in [0.15, 0.2) is 0 Å². The van der Waals surface area contributed by atoms with Crippen LogP contribution in [0.3, 0.4) is 0 Å². The molecule has 1 atom stereocenters. The van der Waals surface area contributed by atoms with Gasteiger partial charge in [-0.3, -0.25) is 0 Å². The van der Waals surface area contributed by atoms with Crippen LogP contribution in [0, 0.1) is 0 Å². The fraction of sp³-hybridized carbons (Fsp3) is 1.00. The summed E-state index contributed by atoms with van der Waals surface area (Å²) in [6.07, 6.45) is 9.82. The zero-order chi connectivity index (χ0) is 15.6. The molecular weight excluding hydrogens is 300 g/mol. The highest BCUT2D eigenvalue weighted by Gasteiger charge is 2.42. The largest absolute Gasteiger partial charge is 0.370 e. The highest BCUT2D eigenvalue weighted by atomic mass is 32.2. The average Bonchev–Trinajstić information content (AvgIpc) is 3.11. The van der Waals surface area contributed by atoms with Crippen molar-refractivity contribution in [1.29, 1.82) is 0 Å². The van der Waals surface area contributed by atoms with E-state index in [2.05, 4.69) is 9.62 Å². The van der Waals surface area contributed by atoms with Crippen LogP contribution in [0.2, 0.25) is 0 Å². The second-order valence-corrected chi connectivity index (χ2v) is 9.31. The Labute approximate surface area is 134 Å². The predicted molar refractivity (Wildman–Crippen MR) is 87.4 cm³/mol. The van der Waals surface area contributed by atoms with E-state index in [4.69, 9.17) is 4.74 Å². The lowest BCUT2D eigenvalue weighted by molar-refractivity contribution is -0.0491. The van der Waals surface area contributed by atoms with Gasteiger partial charge in [-0.1, -0.05) is 12.8 Å². The Bertz CT molecular complexity index is 466. The summed E-state index contributed by atoms with van der Waals surface area (Å²) in [4.78, 5) is 2.45. The summed E-state index contributed by atoms with van der Waals surface area (Å²) >= 11 is 0. The fourth-order valence-corrected chi connectivity index (χ4v) is 5.18. The number of rotatable bonds is 5. The minimum Gasteiger partial charge on any atom is -0.370 e. The highest BCUT2D eigenvalue weighted by Crippen LogP contribution is 2.43. The molecule has 1 unspecified atom stereocenters. The predicted octanol–water partition coefficient (Wildman–Crippen LogP) is 1.88. The van der Waals surface area contributed by atoms with Gasteiger partial charge < -0.3 is 9.64 Å². The normalized spacial score (nSPS) is 30.3. The minimum absolute atomic E-state index is 0.117. The van der Waals surface area contributed by atoms with E-state index >= 15 is 0 Å². The molecule has 6 heteroatoms. The van der Waals surface area contributed by atoms with Crippen LogP contribution in [0.4, 0.5) is 0 Å². The number of hydrogen-bond acceptors (Lipinski definition) is 4. The van der Waals surface area contributed by atoms with Gasteiger partial charge in [-0.2, -0.15) is 0 Å². The van der Waals surface area contributed by atoms with Gasteiger partial charge in [0.2, 0.25) is 10.0 Å². The highest BCUT2D eigenvalue weighted by molar-refractivity contribution is 7.89. The fourth-order valence-electron chi connectivity index (χ4n) is 4.27. The molecule has 0 aromatic heterocycles. The first-order valence-electron chi connectivity index (χ1n) is 8.90. The standard InChI is InChI=1S/C16H30N2O3S/c1-2-22(19,20)17-14-6-11-18(12-7-14)13-15-5-10-16(21-15)8-3-4-9-16/h14-15,17H,2-13H2,1H3. The first-order chi connectivity index (χ1) is 10.5. The number of piperidine rings is 1. The second-order valence-electron chi connectivity index (χ2n) is 7.26. The molecule has 0 amide bonds. The van der Waals surface area contributed by atoms with Crippen molar-refractivity contribution >= 4 is 10.0 Å². The summed E-state index contributed by atoms with van der Waals surface area (Å²) < 4.78 is 32.5. The lowest BCUT2D eigenvalue weighted by Crippen LogP contribution is -2.46. The average molecular weight is 330 g/mol. The molecule has 0 aromatic rings. The minimum atomic E-state index is -3.07. The van der Waals surface area contributed by atoms with Gasteiger partial charge in [0.25, 0.3) is 0 Å². The third-order valence-corrected chi connectivity index (χ3v) is 7.08. The second kappa shape index (κ2) is 6.75. The van der Waals surface area contributed by atoms with Crippen molar-refractivity contribution in [3.8, 4) is 0 Å². The molecule has 0 bridgehead atoms. The molecule has 2 heterocycles. The van der Waals surface area contributed by atoms with Crippen molar-refractivity contribution in [2.45, 2.75) is 76.0 Å². The van der Waals surface area contributed by atoms with Crippen molar-refractivity contribution in [3.63, 3.8) is 0 Å². The zero-order valence-electron chi connectivity index (χ0n) is 13.7. The Morgan fingerprint density at radius 1 is 1.14 bits per heavy atom. The Kier molecular flexibility index (Phi) is 5.12. The monoisotopic (exact) mass is 330 g/mol.